The lowest BCUT2D eigenvalue weighted by Crippen LogP contribution is -2.39. The first-order valence-electron chi connectivity index (χ1n) is 4.59. The third-order valence-electron chi connectivity index (χ3n) is 2.24. The highest BCUT2D eigenvalue weighted by Gasteiger charge is 2.19. The smallest absolute Gasteiger partial charge is 0.268 e. The minimum atomic E-state index is -0.0478. The molecule has 0 N–H and O–H groups in total. The zero-order valence-corrected chi connectivity index (χ0v) is 8.19. The summed E-state index contributed by atoms with van der Waals surface area (Å²) in [5.41, 5.74) is 0. The maximum atomic E-state index is 11.4. The van der Waals surface area contributed by atoms with Gasteiger partial charge in [0.05, 0.1) is 0 Å². The van der Waals surface area contributed by atoms with Gasteiger partial charge >= 0.3 is 0 Å². The number of carbonyl (C=O) groups is 1. The van der Waals surface area contributed by atoms with E-state index < -0.39 is 0 Å². The fraction of sp³-hybridized carbons (Fsp3) is 0.778. The SMILES string of the molecule is CO/N=C/C(=O)N1CCC[C@H](C)C1. The Labute approximate surface area is 78.5 Å². The summed E-state index contributed by atoms with van der Waals surface area (Å²) >= 11 is 0. The summed E-state index contributed by atoms with van der Waals surface area (Å²) in [6, 6.07) is 0. The number of piperidine rings is 1. The quantitative estimate of drug-likeness (QED) is 0.472. The van der Waals surface area contributed by atoms with Gasteiger partial charge in [-0.3, -0.25) is 4.79 Å². The summed E-state index contributed by atoms with van der Waals surface area (Å²) in [5.74, 6) is 0.557. The predicted octanol–water partition coefficient (Wildman–Crippen LogP) is 0.877. The van der Waals surface area contributed by atoms with E-state index in [1.807, 2.05) is 4.90 Å². The molecule has 4 nitrogen and oxygen atoms in total. The first-order valence-corrected chi connectivity index (χ1v) is 4.59. The Morgan fingerprint density at radius 1 is 1.69 bits per heavy atom. The van der Waals surface area contributed by atoms with Crippen LogP contribution in [0.4, 0.5) is 0 Å². The molecule has 1 aliphatic heterocycles. The molecular formula is C9H16N2O2. The van der Waals surface area contributed by atoms with Crippen molar-refractivity contribution in [1.82, 2.24) is 4.90 Å². The Morgan fingerprint density at radius 2 is 2.46 bits per heavy atom. The van der Waals surface area contributed by atoms with E-state index in [2.05, 4.69) is 16.9 Å². The van der Waals surface area contributed by atoms with Gasteiger partial charge in [-0.15, -0.1) is 0 Å². The largest absolute Gasteiger partial charge is 0.399 e. The van der Waals surface area contributed by atoms with Crippen LogP contribution in [0.2, 0.25) is 0 Å². The van der Waals surface area contributed by atoms with Crippen molar-refractivity contribution in [2.24, 2.45) is 11.1 Å². The van der Waals surface area contributed by atoms with Crippen molar-refractivity contribution in [2.75, 3.05) is 20.2 Å². The average molecular weight is 184 g/mol. The Bertz CT molecular complexity index is 204. The molecule has 1 fully saturated rings. The lowest BCUT2D eigenvalue weighted by molar-refractivity contribution is -0.125. The molecular weight excluding hydrogens is 168 g/mol. The second-order valence-electron chi connectivity index (χ2n) is 3.45. The molecule has 0 aliphatic carbocycles. The molecule has 1 saturated heterocycles. The van der Waals surface area contributed by atoms with Gasteiger partial charge < -0.3 is 9.74 Å². The van der Waals surface area contributed by atoms with Crippen LogP contribution < -0.4 is 0 Å². The Morgan fingerprint density at radius 3 is 3.08 bits per heavy atom. The van der Waals surface area contributed by atoms with E-state index in [1.165, 1.54) is 19.7 Å². The normalized spacial score (nSPS) is 23.5. The first kappa shape index (κ1) is 10.0. The van der Waals surface area contributed by atoms with Crippen molar-refractivity contribution in [1.29, 1.82) is 0 Å². The number of carbonyl (C=O) groups excluding carboxylic acids is 1. The standard InChI is InChI=1S/C9H16N2O2/c1-8-4-3-5-11(7-8)9(12)6-10-13-2/h6,8H,3-5,7H2,1-2H3/b10-6+/t8-/m0/s1. The van der Waals surface area contributed by atoms with Gasteiger partial charge in [-0.2, -0.15) is 0 Å². The topological polar surface area (TPSA) is 41.9 Å². The van der Waals surface area contributed by atoms with Crippen LogP contribution in [0.5, 0.6) is 0 Å². The van der Waals surface area contributed by atoms with Crippen LogP contribution in [0.1, 0.15) is 19.8 Å². The monoisotopic (exact) mass is 184 g/mol. The highest BCUT2D eigenvalue weighted by molar-refractivity contribution is 6.25. The van der Waals surface area contributed by atoms with Crippen LogP contribution in [0.3, 0.4) is 0 Å². The van der Waals surface area contributed by atoms with Crippen molar-refractivity contribution >= 4 is 12.1 Å². The lowest BCUT2D eigenvalue weighted by Gasteiger charge is -2.29. The molecule has 1 rings (SSSR count). The highest BCUT2D eigenvalue weighted by atomic mass is 16.6. The van der Waals surface area contributed by atoms with Gasteiger partial charge in [-0.05, 0) is 18.8 Å². The molecule has 13 heavy (non-hydrogen) atoms. The fourth-order valence-electron chi connectivity index (χ4n) is 1.57. The zero-order chi connectivity index (χ0) is 9.68. The molecule has 1 atom stereocenters. The van der Waals surface area contributed by atoms with Gasteiger partial charge in [0.1, 0.15) is 13.3 Å². The van der Waals surface area contributed by atoms with Crippen molar-refractivity contribution in [3.05, 3.63) is 0 Å². The van der Waals surface area contributed by atoms with Crippen molar-refractivity contribution in [3.63, 3.8) is 0 Å². The van der Waals surface area contributed by atoms with E-state index in [0.29, 0.717) is 5.92 Å². The maximum absolute atomic E-state index is 11.4. The van der Waals surface area contributed by atoms with Crippen LogP contribution in [-0.2, 0) is 9.63 Å². The first-order chi connectivity index (χ1) is 6.24. The lowest BCUT2D eigenvalue weighted by atomic mass is 10.0. The van der Waals surface area contributed by atoms with Gasteiger partial charge in [0, 0.05) is 13.1 Å². The molecule has 0 aromatic carbocycles. The average Bonchev–Trinajstić information content (AvgIpc) is 2.14. The van der Waals surface area contributed by atoms with Crippen LogP contribution in [0.25, 0.3) is 0 Å². The molecule has 1 aliphatic rings. The summed E-state index contributed by atoms with van der Waals surface area (Å²) in [5, 5.41) is 3.46. The predicted molar refractivity (Wildman–Crippen MR) is 50.5 cm³/mol. The van der Waals surface area contributed by atoms with Gasteiger partial charge in [-0.25, -0.2) is 0 Å². The van der Waals surface area contributed by atoms with E-state index in [-0.39, 0.29) is 5.91 Å². The molecule has 0 saturated carbocycles. The van der Waals surface area contributed by atoms with Crippen LogP contribution in [-0.4, -0.2) is 37.2 Å². The summed E-state index contributed by atoms with van der Waals surface area (Å²) in [6.45, 7) is 3.85. The zero-order valence-electron chi connectivity index (χ0n) is 8.19. The molecule has 0 unspecified atom stereocenters. The molecule has 0 radical (unpaired) electrons. The summed E-state index contributed by atoms with van der Waals surface area (Å²) in [7, 11) is 1.43. The molecule has 0 bridgehead atoms. The minimum Gasteiger partial charge on any atom is -0.399 e. The van der Waals surface area contributed by atoms with Crippen LogP contribution >= 0.6 is 0 Å². The summed E-state index contributed by atoms with van der Waals surface area (Å²) < 4.78 is 0. The molecule has 1 heterocycles. The molecule has 1 amide bonds. The third kappa shape index (κ3) is 3.05. The number of hydrogen-bond acceptors (Lipinski definition) is 3. The van der Waals surface area contributed by atoms with E-state index >= 15 is 0 Å². The Kier molecular flexibility index (Phi) is 3.73. The van der Waals surface area contributed by atoms with Gasteiger partial charge in [0.2, 0.25) is 0 Å². The minimum absolute atomic E-state index is 0.0478. The van der Waals surface area contributed by atoms with Gasteiger partial charge in [-0.1, -0.05) is 12.1 Å². The second-order valence-corrected chi connectivity index (χ2v) is 3.45. The van der Waals surface area contributed by atoms with Gasteiger partial charge in [0.15, 0.2) is 0 Å². The van der Waals surface area contributed by atoms with Crippen LogP contribution in [0, 0.1) is 5.92 Å². The van der Waals surface area contributed by atoms with E-state index in [9.17, 15) is 4.79 Å². The molecule has 0 aromatic heterocycles. The Hall–Kier alpha value is -1.06. The molecule has 0 spiro atoms. The number of amides is 1. The van der Waals surface area contributed by atoms with Gasteiger partial charge in [0.25, 0.3) is 5.91 Å². The van der Waals surface area contributed by atoms with Crippen molar-refractivity contribution in [3.8, 4) is 0 Å². The second kappa shape index (κ2) is 4.84. The molecule has 74 valence electrons. The number of rotatable bonds is 2. The number of likely N-dealkylation sites (tertiary alicyclic amines) is 1. The van der Waals surface area contributed by atoms with E-state index in [4.69, 9.17) is 0 Å². The number of oxime groups is 1. The highest BCUT2D eigenvalue weighted by Crippen LogP contribution is 2.14. The maximum Gasteiger partial charge on any atom is 0.268 e. The molecule has 4 heteroatoms. The van der Waals surface area contributed by atoms with Crippen molar-refractivity contribution < 1.29 is 9.63 Å². The Balaban J connectivity index is 2.41. The van der Waals surface area contributed by atoms with Crippen LogP contribution in [0.15, 0.2) is 5.16 Å². The van der Waals surface area contributed by atoms with Crippen molar-refractivity contribution in [2.45, 2.75) is 19.8 Å². The molecule has 0 aromatic rings. The van der Waals surface area contributed by atoms with E-state index in [1.54, 1.807) is 0 Å². The fourth-order valence-corrected chi connectivity index (χ4v) is 1.57. The van der Waals surface area contributed by atoms with E-state index in [0.717, 1.165) is 19.5 Å². The number of hydrogen-bond donors (Lipinski definition) is 0. The summed E-state index contributed by atoms with van der Waals surface area (Å²) in [6.07, 6.45) is 3.54. The third-order valence-corrected chi connectivity index (χ3v) is 2.24. The summed E-state index contributed by atoms with van der Waals surface area (Å²) in [4.78, 5) is 17.7. The number of nitrogens with zero attached hydrogens (tertiary/aromatic N) is 2.